The quantitative estimate of drug-likeness (QED) is 0.714. The summed E-state index contributed by atoms with van der Waals surface area (Å²) in [7, 11) is 0. The van der Waals surface area contributed by atoms with Gasteiger partial charge in [0.2, 0.25) is 0 Å². The Morgan fingerprint density at radius 3 is 2.85 bits per heavy atom. The van der Waals surface area contributed by atoms with E-state index in [4.69, 9.17) is 6.42 Å². The van der Waals surface area contributed by atoms with E-state index in [0.717, 1.165) is 28.0 Å². The Hall–Kier alpha value is -2.86. The first-order valence-electron chi connectivity index (χ1n) is 6.31. The van der Waals surface area contributed by atoms with Gasteiger partial charge in [-0.15, -0.1) is 6.42 Å². The summed E-state index contributed by atoms with van der Waals surface area (Å²) in [5.41, 5.74) is 3.85. The fraction of sp³-hybridized carbons (Fsp3) is 0.0588. The van der Waals surface area contributed by atoms with Gasteiger partial charge < -0.3 is 5.32 Å². The predicted molar refractivity (Wildman–Crippen MR) is 81.9 cm³/mol. The van der Waals surface area contributed by atoms with E-state index in [0.29, 0.717) is 0 Å². The zero-order valence-corrected chi connectivity index (χ0v) is 11.1. The van der Waals surface area contributed by atoms with E-state index in [-0.39, 0.29) is 0 Å². The van der Waals surface area contributed by atoms with Crippen LogP contribution >= 0.6 is 0 Å². The summed E-state index contributed by atoms with van der Waals surface area (Å²) in [6, 6.07) is 13.8. The largest absolute Gasteiger partial charge is 0.340 e. The Kier molecular flexibility index (Phi) is 3.06. The highest BCUT2D eigenvalue weighted by Crippen LogP contribution is 2.24. The molecule has 3 rings (SSSR count). The second-order valence-electron chi connectivity index (χ2n) is 4.59. The molecule has 3 aromatic rings. The van der Waals surface area contributed by atoms with Crippen molar-refractivity contribution in [2.45, 2.75) is 6.92 Å². The normalized spacial score (nSPS) is 10.2. The van der Waals surface area contributed by atoms with Crippen LogP contribution in [0.4, 0.5) is 11.5 Å². The number of terminal acetylenes is 1. The second-order valence-corrected chi connectivity index (χ2v) is 4.59. The first kappa shape index (κ1) is 12.2. The van der Waals surface area contributed by atoms with Gasteiger partial charge in [0.1, 0.15) is 12.1 Å². The molecule has 3 nitrogen and oxygen atoms in total. The van der Waals surface area contributed by atoms with Gasteiger partial charge >= 0.3 is 0 Å². The van der Waals surface area contributed by atoms with Crippen LogP contribution in [0.1, 0.15) is 11.1 Å². The number of nitrogens with zero attached hydrogens (tertiary/aromatic N) is 2. The Bertz CT molecular complexity index is 816. The molecule has 0 aliphatic heterocycles. The van der Waals surface area contributed by atoms with Gasteiger partial charge in [-0.3, -0.25) is 0 Å². The van der Waals surface area contributed by atoms with Crippen LogP contribution in [-0.2, 0) is 0 Å². The van der Waals surface area contributed by atoms with E-state index in [9.17, 15) is 0 Å². The Morgan fingerprint density at radius 2 is 2.00 bits per heavy atom. The molecule has 2 aromatic carbocycles. The van der Waals surface area contributed by atoms with E-state index < -0.39 is 0 Å². The molecular weight excluding hydrogens is 246 g/mol. The molecule has 0 spiro atoms. The standard InChI is InChI=1S/C17H13N3/c1-3-13-5-4-6-14(10-13)20-17-15-9-12(2)7-8-16(15)18-11-19-17/h1,4-11H,2H3,(H,18,19,20). The maximum absolute atomic E-state index is 5.42. The lowest BCUT2D eigenvalue weighted by molar-refractivity contribution is 1.21. The van der Waals surface area contributed by atoms with Crippen LogP contribution in [0.15, 0.2) is 48.8 Å². The Morgan fingerprint density at radius 1 is 1.10 bits per heavy atom. The van der Waals surface area contributed by atoms with Crippen LogP contribution < -0.4 is 5.32 Å². The molecule has 0 saturated carbocycles. The highest BCUT2D eigenvalue weighted by Gasteiger charge is 2.04. The molecule has 0 unspecified atom stereocenters. The molecule has 0 bridgehead atoms. The van der Waals surface area contributed by atoms with Crippen molar-refractivity contribution in [2.75, 3.05) is 5.32 Å². The maximum atomic E-state index is 5.42. The summed E-state index contributed by atoms with van der Waals surface area (Å²) in [4.78, 5) is 8.60. The van der Waals surface area contributed by atoms with Crippen molar-refractivity contribution in [3.05, 3.63) is 59.9 Å². The van der Waals surface area contributed by atoms with Crippen molar-refractivity contribution in [2.24, 2.45) is 0 Å². The van der Waals surface area contributed by atoms with Crippen LogP contribution in [0.25, 0.3) is 10.9 Å². The molecule has 0 atom stereocenters. The van der Waals surface area contributed by atoms with Gasteiger partial charge in [-0.2, -0.15) is 0 Å². The minimum Gasteiger partial charge on any atom is -0.340 e. The third-order valence-corrected chi connectivity index (χ3v) is 3.08. The van der Waals surface area contributed by atoms with E-state index in [1.54, 1.807) is 6.33 Å². The van der Waals surface area contributed by atoms with Gasteiger partial charge in [0.15, 0.2) is 0 Å². The molecule has 0 amide bonds. The summed E-state index contributed by atoms with van der Waals surface area (Å²) in [5.74, 6) is 3.41. The van der Waals surface area contributed by atoms with Crippen molar-refractivity contribution in [3.63, 3.8) is 0 Å². The number of aryl methyl sites for hydroxylation is 1. The van der Waals surface area contributed by atoms with Crippen LogP contribution in [0.2, 0.25) is 0 Å². The topological polar surface area (TPSA) is 37.8 Å². The molecule has 1 aromatic heterocycles. The van der Waals surface area contributed by atoms with Crippen LogP contribution in [-0.4, -0.2) is 9.97 Å². The fourth-order valence-corrected chi connectivity index (χ4v) is 2.09. The molecule has 1 N–H and O–H groups in total. The molecule has 96 valence electrons. The third kappa shape index (κ3) is 2.32. The highest BCUT2D eigenvalue weighted by molar-refractivity contribution is 5.91. The van der Waals surface area contributed by atoms with Gasteiger partial charge in [-0.1, -0.05) is 23.6 Å². The molecule has 0 aliphatic carbocycles. The van der Waals surface area contributed by atoms with Crippen molar-refractivity contribution in [1.29, 1.82) is 0 Å². The zero-order chi connectivity index (χ0) is 13.9. The van der Waals surface area contributed by atoms with E-state index in [2.05, 4.69) is 34.2 Å². The summed E-state index contributed by atoms with van der Waals surface area (Å²) >= 11 is 0. The summed E-state index contributed by atoms with van der Waals surface area (Å²) < 4.78 is 0. The van der Waals surface area contributed by atoms with E-state index in [1.807, 2.05) is 36.4 Å². The Labute approximate surface area is 117 Å². The lowest BCUT2D eigenvalue weighted by Gasteiger charge is -2.09. The molecule has 0 aliphatic rings. The monoisotopic (exact) mass is 259 g/mol. The average molecular weight is 259 g/mol. The lowest BCUT2D eigenvalue weighted by atomic mass is 10.1. The number of hydrogen-bond donors (Lipinski definition) is 1. The van der Waals surface area contributed by atoms with Crippen LogP contribution in [0, 0.1) is 19.3 Å². The van der Waals surface area contributed by atoms with E-state index >= 15 is 0 Å². The molecular formula is C17H13N3. The van der Waals surface area contributed by atoms with Crippen LogP contribution in [0.5, 0.6) is 0 Å². The Balaban J connectivity index is 2.06. The number of nitrogens with one attached hydrogen (secondary N) is 1. The number of fused-ring (bicyclic) bond motifs is 1. The SMILES string of the molecule is C#Cc1cccc(Nc2ncnc3ccc(C)cc23)c1. The smallest absolute Gasteiger partial charge is 0.141 e. The minimum atomic E-state index is 0.785. The van der Waals surface area contributed by atoms with Crippen molar-refractivity contribution in [1.82, 2.24) is 9.97 Å². The highest BCUT2D eigenvalue weighted by atomic mass is 15.0. The number of aromatic nitrogens is 2. The van der Waals surface area contributed by atoms with Gasteiger partial charge in [0.05, 0.1) is 5.52 Å². The fourth-order valence-electron chi connectivity index (χ4n) is 2.09. The van der Waals surface area contributed by atoms with Crippen LogP contribution in [0.3, 0.4) is 0 Å². The van der Waals surface area contributed by atoms with Gasteiger partial charge in [0.25, 0.3) is 0 Å². The predicted octanol–water partition coefficient (Wildman–Crippen LogP) is 3.66. The van der Waals surface area contributed by atoms with Crippen molar-refractivity contribution >= 4 is 22.4 Å². The number of anilines is 2. The lowest BCUT2D eigenvalue weighted by Crippen LogP contribution is -1.96. The first-order valence-corrected chi connectivity index (χ1v) is 6.31. The second kappa shape index (κ2) is 5.02. The third-order valence-electron chi connectivity index (χ3n) is 3.08. The summed E-state index contributed by atoms with van der Waals surface area (Å²) in [6.45, 7) is 2.05. The summed E-state index contributed by atoms with van der Waals surface area (Å²) in [5, 5.41) is 4.30. The number of rotatable bonds is 2. The minimum absolute atomic E-state index is 0.785. The molecule has 20 heavy (non-hydrogen) atoms. The van der Waals surface area contributed by atoms with E-state index in [1.165, 1.54) is 5.56 Å². The average Bonchev–Trinajstić information content (AvgIpc) is 2.48. The first-order chi connectivity index (χ1) is 9.76. The van der Waals surface area contributed by atoms with Gasteiger partial charge in [-0.25, -0.2) is 9.97 Å². The van der Waals surface area contributed by atoms with Crippen molar-refractivity contribution in [3.8, 4) is 12.3 Å². The number of benzene rings is 2. The van der Waals surface area contributed by atoms with Gasteiger partial charge in [-0.05, 0) is 37.3 Å². The summed E-state index contributed by atoms with van der Waals surface area (Å²) in [6.07, 6.45) is 6.98. The van der Waals surface area contributed by atoms with Crippen molar-refractivity contribution < 1.29 is 0 Å². The molecule has 3 heteroatoms. The molecule has 0 saturated heterocycles. The zero-order valence-electron chi connectivity index (χ0n) is 11.1. The maximum Gasteiger partial charge on any atom is 0.141 e. The molecule has 0 radical (unpaired) electrons. The number of hydrogen-bond acceptors (Lipinski definition) is 3. The van der Waals surface area contributed by atoms with Gasteiger partial charge in [0, 0.05) is 16.6 Å². The molecule has 0 fully saturated rings. The molecule has 1 heterocycles.